The van der Waals surface area contributed by atoms with Crippen molar-refractivity contribution in [1.29, 1.82) is 0 Å². The molecule has 0 saturated heterocycles. The fourth-order valence-corrected chi connectivity index (χ4v) is 2.22. The van der Waals surface area contributed by atoms with E-state index in [1.165, 1.54) is 4.90 Å². The van der Waals surface area contributed by atoms with Gasteiger partial charge in [0.05, 0.1) is 0 Å². The molecule has 1 saturated carbocycles. The fourth-order valence-electron chi connectivity index (χ4n) is 2.22. The Kier molecular flexibility index (Phi) is 4.27. The molecule has 0 unspecified atom stereocenters. The zero-order chi connectivity index (χ0) is 14.7. The highest BCUT2D eigenvalue weighted by Crippen LogP contribution is 2.28. The van der Waals surface area contributed by atoms with E-state index in [4.69, 9.17) is 5.11 Å². The number of carbonyl (C=O) groups is 2. The first-order valence-electron chi connectivity index (χ1n) is 6.89. The summed E-state index contributed by atoms with van der Waals surface area (Å²) in [5.41, 5.74) is 1.70. The topological polar surface area (TPSA) is 60.9 Å². The molecule has 1 aromatic rings. The van der Waals surface area contributed by atoms with Gasteiger partial charge in [-0.1, -0.05) is 17.7 Å². The molecule has 1 N–H and O–H groups in total. The molecule has 0 bridgehead atoms. The number of carboxylic acid groups (broad SMARTS) is 1. The molecule has 108 valence electrons. The monoisotopic (exact) mass is 276 g/mol. The molecule has 0 spiro atoms. The van der Waals surface area contributed by atoms with Gasteiger partial charge in [0.15, 0.2) is 0 Å². The number of urea groups is 1. The summed E-state index contributed by atoms with van der Waals surface area (Å²) in [6.45, 7) is 4.16. The summed E-state index contributed by atoms with van der Waals surface area (Å²) in [6.07, 6.45) is 2.02. The van der Waals surface area contributed by atoms with E-state index in [1.54, 1.807) is 17.0 Å². The Labute approximate surface area is 118 Å². The van der Waals surface area contributed by atoms with Crippen LogP contribution in [-0.2, 0) is 4.79 Å². The molecule has 2 rings (SSSR count). The largest absolute Gasteiger partial charge is 0.480 e. The van der Waals surface area contributed by atoms with Crippen molar-refractivity contribution in [2.75, 3.05) is 18.0 Å². The van der Waals surface area contributed by atoms with E-state index in [0.717, 1.165) is 18.4 Å². The molecule has 1 aliphatic carbocycles. The molecule has 0 aromatic heterocycles. The second-order valence-corrected chi connectivity index (χ2v) is 5.12. The minimum Gasteiger partial charge on any atom is -0.480 e. The number of hydrogen-bond donors (Lipinski definition) is 1. The molecular weight excluding hydrogens is 256 g/mol. The van der Waals surface area contributed by atoms with Crippen LogP contribution in [-0.4, -0.2) is 41.1 Å². The first-order chi connectivity index (χ1) is 9.52. The maximum Gasteiger partial charge on any atom is 0.325 e. The number of aliphatic carboxylic acids is 1. The molecule has 2 amide bonds. The first-order valence-corrected chi connectivity index (χ1v) is 6.89. The second-order valence-electron chi connectivity index (χ2n) is 5.12. The van der Waals surface area contributed by atoms with Crippen molar-refractivity contribution in [3.63, 3.8) is 0 Å². The number of anilines is 1. The molecule has 5 nitrogen and oxygen atoms in total. The summed E-state index contributed by atoms with van der Waals surface area (Å²) in [7, 11) is 0. The number of carboxylic acids is 1. The average Bonchev–Trinajstić information content (AvgIpc) is 3.22. The van der Waals surface area contributed by atoms with Crippen LogP contribution in [0.4, 0.5) is 10.5 Å². The fraction of sp³-hybridized carbons (Fsp3) is 0.467. The molecule has 0 heterocycles. The maximum absolute atomic E-state index is 12.6. The lowest BCUT2D eigenvalue weighted by molar-refractivity contribution is -0.135. The van der Waals surface area contributed by atoms with Crippen LogP contribution in [0, 0.1) is 6.92 Å². The highest BCUT2D eigenvalue weighted by Gasteiger charge is 2.34. The van der Waals surface area contributed by atoms with Crippen molar-refractivity contribution in [2.45, 2.75) is 32.7 Å². The highest BCUT2D eigenvalue weighted by molar-refractivity contribution is 5.96. The Balaban J connectivity index is 2.24. The molecule has 5 heteroatoms. The lowest BCUT2D eigenvalue weighted by Gasteiger charge is -2.29. The summed E-state index contributed by atoms with van der Waals surface area (Å²) < 4.78 is 0. The molecule has 1 aliphatic rings. The van der Waals surface area contributed by atoms with Gasteiger partial charge in [0.2, 0.25) is 0 Å². The number of amides is 2. The van der Waals surface area contributed by atoms with E-state index < -0.39 is 5.97 Å². The lowest BCUT2D eigenvalue weighted by Crippen LogP contribution is -2.46. The van der Waals surface area contributed by atoms with E-state index in [-0.39, 0.29) is 18.6 Å². The van der Waals surface area contributed by atoms with Crippen molar-refractivity contribution in [3.8, 4) is 0 Å². The standard InChI is InChI=1S/C15H20N2O3/c1-3-16(12-8-9-12)15(20)17(10-14(18)19)13-6-4-11(2)5-7-13/h4-7,12H,3,8-10H2,1-2H3,(H,18,19). The Morgan fingerprint density at radius 1 is 1.25 bits per heavy atom. The van der Waals surface area contributed by atoms with Gasteiger partial charge >= 0.3 is 12.0 Å². The third-order valence-electron chi connectivity index (χ3n) is 3.44. The molecule has 1 fully saturated rings. The predicted molar refractivity (Wildman–Crippen MR) is 77.0 cm³/mol. The van der Waals surface area contributed by atoms with Gasteiger partial charge in [0, 0.05) is 18.3 Å². The summed E-state index contributed by atoms with van der Waals surface area (Å²) in [5.74, 6) is -1.01. The van der Waals surface area contributed by atoms with Crippen LogP contribution >= 0.6 is 0 Å². The van der Waals surface area contributed by atoms with Crippen molar-refractivity contribution in [2.24, 2.45) is 0 Å². The molecule has 20 heavy (non-hydrogen) atoms. The van der Waals surface area contributed by atoms with E-state index in [1.807, 2.05) is 26.0 Å². The van der Waals surface area contributed by atoms with Gasteiger partial charge in [0.1, 0.15) is 6.54 Å². The van der Waals surface area contributed by atoms with Gasteiger partial charge in [-0.3, -0.25) is 9.69 Å². The van der Waals surface area contributed by atoms with Crippen LogP contribution < -0.4 is 4.90 Å². The summed E-state index contributed by atoms with van der Waals surface area (Å²) >= 11 is 0. The number of benzene rings is 1. The number of rotatable bonds is 5. The SMILES string of the molecule is CCN(C(=O)N(CC(=O)O)c1ccc(C)cc1)C1CC1. The van der Waals surface area contributed by atoms with Crippen molar-refractivity contribution in [3.05, 3.63) is 29.8 Å². The molecule has 0 atom stereocenters. The molecule has 1 aromatic carbocycles. The summed E-state index contributed by atoms with van der Waals surface area (Å²) in [5, 5.41) is 9.05. The molecule has 0 radical (unpaired) electrons. The van der Waals surface area contributed by atoms with Gasteiger partial charge in [-0.25, -0.2) is 4.79 Å². The lowest BCUT2D eigenvalue weighted by atomic mass is 10.2. The second kappa shape index (κ2) is 5.94. The van der Waals surface area contributed by atoms with Gasteiger partial charge in [-0.05, 0) is 38.8 Å². The zero-order valence-corrected chi connectivity index (χ0v) is 11.9. The van der Waals surface area contributed by atoms with Crippen LogP contribution in [0.5, 0.6) is 0 Å². The molecule has 0 aliphatic heterocycles. The van der Waals surface area contributed by atoms with E-state index >= 15 is 0 Å². The molecular formula is C15H20N2O3. The van der Waals surface area contributed by atoms with Crippen LogP contribution in [0.1, 0.15) is 25.3 Å². The van der Waals surface area contributed by atoms with Gasteiger partial charge in [-0.15, -0.1) is 0 Å². The summed E-state index contributed by atoms with van der Waals surface area (Å²) in [6, 6.07) is 7.39. The minimum absolute atomic E-state index is 0.221. The minimum atomic E-state index is -1.01. The van der Waals surface area contributed by atoms with Crippen molar-refractivity contribution >= 4 is 17.7 Å². The number of nitrogens with zero attached hydrogens (tertiary/aromatic N) is 2. The predicted octanol–water partition coefficient (Wildman–Crippen LogP) is 2.49. The van der Waals surface area contributed by atoms with E-state index in [0.29, 0.717) is 12.2 Å². The Hall–Kier alpha value is -2.04. The third kappa shape index (κ3) is 3.29. The van der Waals surface area contributed by atoms with Crippen molar-refractivity contribution in [1.82, 2.24) is 4.90 Å². The smallest absolute Gasteiger partial charge is 0.325 e. The number of aryl methyl sites for hydroxylation is 1. The normalized spacial score (nSPS) is 13.9. The third-order valence-corrected chi connectivity index (χ3v) is 3.44. The van der Waals surface area contributed by atoms with Crippen LogP contribution in [0.15, 0.2) is 24.3 Å². The van der Waals surface area contributed by atoms with E-state index in [2.05, 4.69) is 0 Å². The average molecular weight is 276 g/mol. The Morgan fingerprint density at radius 2 is 1.85 bits per heavy atom. The Bertz CT molecular complexity index is 494. The first kappa shape index (κ1) is 14.4. The van der Waals surface area contributed by atoms with Gasteiger partial charge < -0.3 is 10.0 Å². The van der Waals surface area contributed by atoms with Gasteiger partial charge in [-0.2, -0.15) is 0 Å². The maximum atomic E-state index is 12.6. The van der Waals surface area contributed by atoms with Crippen LogP contribution in [0.3, 0.4) is 0 Å². The zero-order valence-electron chi connectivity index (χ0n) is 11.9. The number of hydrogen-bond acceptors (Lipinski definition) is 2. The number of carbonyl (C=O) groups excluding carboxylic acids is 1. The summed E-state index contributed by atoms with van der Waals surface area (Å²) in [4.78, 5) is 26.7. The van der Waals surface area contributed by atoms with Crippen molar-refractivity contribution < 1.29 is 14.7 Å². The van der Waals surface area contributed by atoms with Gasteiger partial charge in [0.25, 0.3) is 0 Å². The Morgan fingerprint density at radius 3 is 2.30 bits per heavy atom. The quantitative estimate of drug-likeness (QED) is 0.898. The van der Waals surface area contributed by atoms with Crippen LogP contribution in [0.2, 0.25) is 0 Å². The highest BCUT2D eigenvalue weighted by atomic mass is 16.4. The van der Waals surface area contributed by atoms with E-state index in [9.17, 15) is 9.59 Å². The van der Waals surface area contributed by atoms with Crippen LogP contribution in [0.25, 0.3) is 0 Å².